The van der Waals surface area contributed by atoms with Gasteiger partial charge < -0.3 is 15.6 Å². The van der Waals surface area contributed by atoms with Crippen LogP contribution in [-0.4, -0.2) is 27.2 Å². The molecule has 6 nitrogen and oxygen atoms in total. The van der Waals surface area contributed by atoms with Crippen LogP contribution >= 0.6 is 0 Å². The molecule has 0 aliphatic heterocycles. The van der Waals surface area contributed by atoms with Crippen LogP contribution in [0.4, 0.5) is 19.0 Å². The van der Waals surface area contributed by atoms with E-state index in [0.717, 1.165) is 23.0 Å². The Balaban J connectivity index is 2.29. The van der Waals surface area contributed by atoms with E-state index in [9.17, 15) is 18.0 Å². The van der Waals surface area contributed by atoms with Crippen molar-refractivity contribution in [3.05, 3.63) is 36.0 Å². The lowest BCUT2D eigenvalue weighted by atomic mass is 10.3. The van der Waals surface area contributed by atoms with Crippen LogP contribution in [0.3, 0.4) is 0 Å². The van der Waals surface area contributed by atoms with Crippen LogP contribution < -0.4 is 10.5 Å². The quantitative estimate of drug-likeness (QED) is 0.901. The number of aromatic carboxylic acids is 1. The first-order valence-electron chi connectivity index (χ1n) is 5.21. The van der Waals surface area contributed by atoms with Gasteiger partial charge in [0.15, 0.2) is 0 Å². The molecule has 20 heavy (non-hydrogen) atoms. The lowest BCUT2D eigenvalue weighted by Crippen LogP contribution is -2.17. The number of benzene rings is 1. The van der Waals surface area contributed by atoms with Crippen molar-refractivity contribution in [3.8, 4) is 11.4 Å². The smallest absolute Gasteiger partial charge is 0.477 e. The summed E-state index contributed by atoms with van der Waals surface area (Å²) in [5, 5.41) is 12.6. The minimum Gasteiger partial charge on any atom is -0.477 e. The van der Waals surface area contributed by atoms with Gasteiger partial charge in [-0.3, -0.25) is 0 Å². The fourth-order valence-corrected chi connectivity index (χ4v) is 1.52. The largest absolute Gasteiger partial charge is 0.573 e. The highest BCUT2D eigenvalue weighted by Gasteiger charge is 2.31. The van der Waals surface area contributed by atoms with Crippen molar-refractivity contribution >= 4 is 11.8 Å². The second kappa shape index (κ2) is 4.76. The maximum absolute atomic E-state index is 12.0. The Kier molecular flexibility index (Phi) is 3.26. The average Bonchev–Trinajstić information content (AvgIpc) is 2.70. The van der Waals surface area contributed by atoms with Crippen LogP contribution in [0.1, 0.15) is 10.4 Å². The Morgan fingerprint density at radius 2 is 1.90 bits per heavy atom. The van der Waals surface area contributed by atoms with Crippen molar-refractivity contribution in [1.29, 1.82) is 0 Å². The highest BCUT2D eigenvalue weighted by atomic mass is 19.4. The molecule has 0 aliphatic carbocycles. The van der Waals surface area contributed by atoms with Crippen molar-refractivity contribution in [2.24, 2.45) is 0 Å². The van der Waals surface area contributed by atoms with Crippen LogP contribution in [0.5, 0.6) is 5.75 Å². The number of halogens is 3. The van der Waals surface area contributed by atoms with E-state index in [4.69, 9.17) is 10.8 Å². The number of rotatable bonds is 3. The molecule has 0 bridgehead atoms. The summed E-state index contributed by atoms with van der Waals surface area (Å²) >= 11 is 0. The summed E-state index contributed by atoms with van der Waals surface area (Å²) in [6.45, 7) is 0. The number of carboxylic acids is 1. The van der Waals surface area contributed by atoms with E-state index < -0.39 is 18.1 Å². The molecule has 0 unspecified atom stereocenters. The predicted molar refractivity (Wildman–Crippen MR) is 61.6 cm³/mol. The molecule has 2 aromatic rings. The second-order valence-electron chi connectivity index (χ2n) is 3.70. The predicted octanol–water partition coefficient (Wildman–Crippen LogP) is 2.05. The Morgan fingerprint density at radius 3 is 2.35 bits per heavy atom. The minimum atomic E-state index is -4.78. The zero-order valence-electron chi connectivity index (χ0n) is 9.76. The SMILES string of the molecule is Nc1c(C(=O)O)cnn1-c1ccc(OC(F)(F)F)cc1. The molecule has 0 atom stereocenters. The minimum absolute atomic E-state index is 0.123. The van der Waals surface area contributed by atoms with E-state index in [-0.39, 0.29) is 11.4 Å². The van der Waals surface area contributed by atoms with E-state index >= 15 is 0 Å². The van der Waals surface area contributed by atoms with Gasteiger partial charge in [0.25, 0.3) is 0 Å². The van der Waals surface area contributed by atoms with Crippen molar-refractivity contribution in [3.63, 3.8) is 0 Å². The van der Waals surface area contributed by atoms with Crippen LogP contribution in [-0.2, 0) is 0 Å². The molecule has 106 valence electrons. The number of carbonyl (C=O) groups is 1. The monoisotopic (exact) mass is 287 g/mol. The molecule has 0 saturated carbocycles. The molecule has 1 aromatic carbocycles. The summed E-state index contributed by atoms with van der Waals surface area (Å²) < 4.78 is 40.8. The molecule has 9 heteroatoms. The number of aromatic nitrogens is 2. The molecule has 3 N–H and O–H groups in total. The van der Waals surface area contributed by atoms with Crippen molar-refractivity contribution in [1.82, 2.24) is 9.78 Å². The fourth-order valence-electron chi connectivity index (χ4n) is 1.52. The van der Waals surface area contributed by atoms with Gasteiger partial charge in [-0.2, -0.15) is 5.10 Å². The number of nitrogen functional groups attached to an aromatic ring is 1. The molecule has 0 spiro atoms. The van der Waals surface area contributed by atoms with Crippen LogP contribution in [0.2, 0.25) is 0 Å². The summed E-state index contributed by atoms with van der Waals surface area (Å²) in [5.41, 5.74) is 5.70. The van der Waals surface area contributed by atoms with E-state index in [0.29, 0.717) is 5.69 Å². The summed E-state index contributed by atoms with van der Waals surface area (Å²) in [7, 11) is 0. The Morgan fingerprint density at radius 1 is 1.30 bits per heavy atom. The van der Waals surface area contributed by atoms with Crippen molar-refractivity contribution < 1.29 is 27.8 Å². The molecule has 0 saturated heterocycles. The number of carboxylic acid groups (broad SMARTS) is 1. The number of hydrogen-bond donors (Lipinski definition) is 2. The van der Waals surface area contributed by atoms with Gasteiger partial charge >= 0.3 is 12.3 Å². The number of hydrogen-bond acceptors (Lipinski definition) is 4. The molecule has 2 rings (SSSR count). The van der Waals surface area contributed by atoms with Crippen molar-refractivity contribution in [2.45, 2.75) is 6.36 Å². The lowest BCUT2D eigenvalue weighted by Gasteiger charge is -2.09. The maximum Gasteiger partial charge on any atom is 0.573 e. The molecule has 0 fully saturated rings. The summed E-state index contributed by atoms with van der Waals surface area (Å²) in [6.07, 6.45) is -3.72. The van der Waals surface area contributed by atoms with Gasteiger partial charge in [0.05, 0.1) is 11.9 Å². The van der Waals surface area contributed by atoms with E-state index in [1.807, 2.05) is 0 Å². The van der Waals surface area contributed by atoms with Gasteiger partial charge in [-0.05, 0) is 24.3 Å². The van der Waals surface area contributed by atoms with E-state index in [1.54, 1.807) is 0 Å². The summed E-state index contributed by atoms with van der Waals surface area (Å²) in [6, 6.07) is 4.70. The topological polar surface area (TPSA) is 90.4 Å². The highest BCUT2D eigenvalue weighted by Crippen LogP contribution is 2.24. The van der Waals surface area contributed by atoms with E-state index in [2.05, 4.69) is 9.84 Å². The fraction of sp³-hybridized carbons (Fsp3) is 0.0909. The standard InChI is InChI=1S/C11H8F3N3O3/c12-11(13,14)20-7-3-1-6(2-4-7)17-9(15)8(5-16-17)10(18)19/h1-5H,15H2,(H,18,19). The number of nitrogens with zero attached hydrogens (tertiary/aromatic N) is 2. The third-order valence-corrected chi connectivity index (χ3v) is 2.35. The number of nitrogens with two attached hydrogens (primary N) is 1. The van der Waals surface area contributed by atoms with Crippen LogP contribution in [0, 0.1) is 0 Å². The summed E-state index contributed by atoms with van der Waals surface area (Å²) in [5.74, 6) is -1.77. The third kappa shape index (κ3) is 2.82. The molecular formula is C11H8F3N3O3. The molecular weight excluding hydrogens is 279 g/mol. The highest BCUT2D eigenvalue weighted by molar-refractivity contribution is 5.92. The van der Waals surface area contributed by atoms with Gasteiger partial charge in [0, 0.05) is 0 Å². The van der Waals surface area contributed by atoms with Gasteiger partial charge in [-0.25, -0.2) is 9.48 Å². The normalized spacial score (nSPS) is 11.3. The third-order valence-electron chi connectivity index (χ3n) is 2.35. The molecule has 1 aromatic heterocycles. The Hall–Kier alpha value is -2.71. The first kappa shape index (κ1) is 13.7. The van der Waals surface area contributed by atoms with Gasteiger partial charge in [-0.15, -0.1) is 13.2 Å². The molecule has 1 heterocycles. The number of anilines is 1. The van der Waals surface area contributed by atoms with Gasteiger partial charge in [0.2, 0.25) is 0 Å². The average molecular weight is 287 g/mol. The lowest BCUT2D eigenvalue weighted by molar-refractivity contribution is -0.274. The first-order chi connectivity index (χ1) is 9.28. The zero-order chi connectivity index (χ0) is 14.9. The molecule has 0 radical (unpaired) electrons. The van der Waals surface area contributed by atoms with Gasteiger partial charge in [0.1, 0.15) is 17.1 Å². The number of alkyl halides is 3. The zero-order valence-corrected chi connectivity index (χ0v) is 9.76. The summed E-state index contributed by atoms with van der Waals surface area (Å²) in [4.78, 5) is 10.8. The first-order valence-corrected chi connectivity index (χ1v) is 5.21. The van der Waals surface area contributed by atoms with E-state index in [1.165, 1.54) is 12.1 Å². The van der Waals surface area contributed by atoms with Crippen LogP contribution in [0.15, 0.2) is 30.5 Å². The maximum atomic E-state index is 12.0. The molecule has 0 aliphatic rings. The molecule has 0 amide bonds. The van der Waals surface area contributed by atoms with Gasteiger partial charge in [-0.1, -0.05) is 0 Å². The Labute approximate surface area is 110 Å². The number of ether oxygens (including phenoxy) is 1. The van der Waals surface area contributed by atoms with Crippen molar-refractivity contribution in [2.75, 3.05) is 5.73 Å². The Bertz CT molecular complexity index is 635. The van der Waals surface area contributed by atoms with Crippen LogP contribution in [0.25, 0.3) is 5.69 Å². The second-order valence-corrected chi connectivity index (χ2v) is 3.70.